The van der Waals surface area contributed by atoms with Crippen LogP contribution >= 0.6 is 11.6 Å². The zero-order chi connectivity index (χ0) is 21.1. The zero-order valence-electron chi connectivity index (χ0n) is 15.7. The molecule has 2 aromatic carbocycles. The molecule has 0 aliphatic carbocycles. The molecule has 150 valence electrons. The normalized spacial score (nSPS) is 10.7. The van der Waals surface area contributed by atoms with Crippen molar-refractivity contribution >= 4 is 45.8 Å². The van der Waals surface area contributed by atoms with Crippen LogP contribution in [0.3, 0.4) is 0 Å². The third-order valence-corrected chi connectivity index (χ3v) is 4.71. The van der Waals surface area contributed by atoms with Crippen LogP contribution in [0.15, 0.2) is 41.0 Å². The molecule has 0 radical (unpaired) electrons. The van der Waals surface area contributed by atoms with Crippen molar-refractivity contribution in [3.05, 3.63) is 68.4 Å². The average Bonchev–Trinajstić information content (AvgIpc) is 3.07. The summed E-state index contributed by atoms with van der Waals surface area (Å²) in [7, 11) is 0. The van der Waals surface area contributed by atoms with Crippen molar-refractivity contribution in [2.45, 2.75) is 20.3 Å². The molecule has 1 aromatic heterocycles. The second-order valence-corrected chi connectivity index (χ2v) is 6.89. The van der Waals surface area contributed by atoms with Crippen LogP contribution in [-0.2, 0) is 20.7 Å². The van der Waals surface area contributed by atoms with Gasteiger partial charge in [0.25, 0.3) is 11.6 Å². The van der Waals surface area contributed by atoms with Crippen molar-refractivity contribution in [2.24, 2.45) is 0 Å². The number of anilines is 1. The van der Waals surface area contributed by atoms with Crippen molar-refractivity contribution < 1.29 is 23.7 Å². The number of nitro benzene ring substituents is 1. The number of nitrogens with one attached hydrogen (secondary N) is 1. The highest BCUT2D eigenvalue weighted by molar-refractivity contribution is 6.31. The summed E-state index contributed by atoms with van der Waals surface area (Å²) in [5.41, 5.74) is 3.04. The summed E-state index contributed by atoms with van der Waals surface area (Å²) in [5, 5.41) is 14.4. The highest BCUT2D eigenvalue weighted by Crippen LogP contribution is 2.28. The van der Waals surface area contributed by atoms with Gasteiger partial charge in [-0.1, -0.05) is 23.7 Å². The van der Waals surface area contributed by atoms with Crippen LogP contribution < -0.4 is 5.32 Å². The van der Waals surface area contributed by atoms with Gasteiger partial charge in [0, 0.05) is 22.0 Å². The first-order valence-electron chi connectivity index (χ1n) is 8.62. The minimum atomic E-state index is -0.702. The molecule has 0 saturated heterocycles. The average molecular weight is 417 g/mol. The predicted molar refractivity (Wildman–Crippen MR) is 107 cm³/mol. The molecule has 29 heavy (non-hydrogen) atoms. The summed E-state index contributed by atoms with van der Waals surface area (Å²) in [5.74, 6) is -1.32. The Morgan fingerprint density at radius 2 is 2.00 bits per heavy atom. The van der Waals surface area contributed by atoms with Gasteiger partial charge in [-0.15, -0.1) is 0 Å². The molecule has 0 saturated carbocycles. The van der Waals surface area contributed by atoms with E-state index in [1.165, 1.54) is 18.4 Å². The molecular weight excluding hydrogens is 400 g/mol. The molecule has 0 aliphatic rings. The van der Waals surface area contributed by atoms with Gasteiger partial charge >= 0.3 is 5.97 Å². The van der Waals surface area contributed by atoms with Gasteiger partial charge in [0.1, 0.15) is 11.3 Å². The number of amides is 1. The van der Waals surface area contributed by atoms with Crippen molar-refractivity contribution in [1.82, 2.24) is 0 Å². The first-order chi connectivity index (χ1) is 13.8. The minimum absolute atomic E-state index is 0.0351. The van der Waals surface area contributed by atoms with Crippen molar-refractivity contribution in [3.8, 4) is 0 Å². The summed E-state index contributed by atoms with van der Waals surface area (Å²) in [6, 6.07) is 7.65. The van der Waals surface area contributed by atoms with E-state index in [-0.39, 0.29) is 22.8 Å². The minimum Gasteiger partial charge on any atom is -0.464 e. The van der Waals surface area contributed by atoms with Crippen LogP contribution in [0.5, 0.6) is 0 Å². The third kappa shape index (κ3) is 4.55. The summed E-state index contributed by atoms with van der Waals surface area (Å²) >= 11 is 5.73. The number of nitrogens with zero attached hydrogens (tertiary/aromatic N) is 1. The Balaban J connectivity index is 1.61. The number of fused-ring (bicyclic) bond motifs is 1. The van der Waals surface area contributed by atoms with Crippen LogP contribution in [0.25, 0.3) is 11.0 Å². The fourth-order valence-corrected chi connectivity index (χ4v) is 2.99. The maximum atomic E-state index is 12.1. The van der Waals surface area contributed by atoms with Crippen LogP contribution in [0.2, 0.25) is 5.02 Å². The van der Waals surface area contributed by atoms with Gasteiger partial charge < -0.3 is 14.5 Å². The Morgan fingerprint density at radius 1 is 1.24 bits per heavy atom. The first kappa shape index (κ1) is 20.3. The Hall–Kier alpha value is -3.39. The summed E-state index contributed by atoms with van der Waals surface area (Å²) < 4.78 is 10.5. The maximum absolute atomic E-state index is 12.1. The molecular formula is C20H17ClN2O6. The van der Waals surface area contributed by atoms with E-state index in [1.807, 2.05) is 26.0 Å². The van der Waals surface area contributed by atoms with E-state index in [1.54, 1.807) is 0 Å². The van der Waals surface area contributed by atoms with E-state index in [9.17, 15) is 19.7 Å². The van der Waals surface area contributed by atoms with Crippen LogP contribution in [0.4, 0.5) is 11.4 Å². The molecule has 0 fully saturated rings. The Kier molecular flexibility index (Phi) is 5.84. The van der Waals surface area contributed by atoms with Crippen LogP contribution in [0.1, 0.15) is 16.7 Å². The van der Waals surface area contributed by atoms with Crippen LogP contribution in [0, 0.1) is 24.0 Å². The van der Waals surface area contributed by atoms with Gasteiger partial charge in [0.05, 0.1) is 17.6 Å². The van der Waals surface area contributed by atoms with E-state index in [4.69, 9.17) is 20.8 Å². The molecule has 0 aliphatic heterocycles. The topological polar surface area (TPSA) is 112 Å². The summed E-state index contributed by atoms with van der Waals surface area (Å²) in [6.07, 6.45) is 1.43. The van der Waals surface area contributed by atoms with Gasteiger partial charge in [-0.3, -0.25) is 19.7 Å². The Labute approximate surface area is 170 Å². The van der Waals surface area contributed by atoms with Crippen molar-refractivity contribution in [1.29, 1.82) is 0 Å². The molecule has 1 amide bonds. The van der Waals surface area contributed by atoms with Gasteiger partial charge in [-0.2, -0.15) is 0 Å². The molecule has 0 spiro atoms. The monoisotopic (exact) mass is 416 g/mol. The van der Waals surface area contributed by atoms with Crippen LogP contribution in [-0.4, -0.2) is 23.4 Å². The number of nitro groups is 1. The highest BCUT2D eigenvalue weighted by Gasteiger charge is 2.18. The van der Waals surface area contributed by atoms with Crippen molar-refractivity contribution in [2.75, 3.05) is 11.9 Å². The molecule has 8 nitrogen and oxygen atoms in total. The number of esters is 1. The van der Waals surface area contributed by atoms with E-state index >= 15 is 0 Å². The molecule has 9 heteroatoms. The van der Waals surface area contributed by atoms with Gasteiger partial charge in [-0.05, 0) is 37.1 Å². The lowest BCUT2D eigenvalue weighted by Crippen LogP contribution is -2.22. The molecule has 0 atom stereocenters. The van der Waals surface area contributed by atoms with Crippen molar-refractivity contribution in [3.63, 3.8) is 0 Å². The fraction of sp³-hybridized carbons (Fsp3) is 0.200. The molecule has 1 N–H and O–H groups in total. The number of benzene rings is 2. The maximum Gasteiger partial charge on any atom is 0.310 e. The van der Waals surface area contributed by atoms with E-state index < -0.39 is 23.4 Å². The quantitative estimate of drug-likeness (QED) is 0.363. The molecule has 3 rings (SSSR count). The zero-order valence-corrected chi connectivity index (χ0v) is 16.4. The van der Waals surface area contributed by atoms with E-state index in [0.29, 0.717) is 11.1 Å². The number of hydrogen-bond donors (Lipinski definition) is 1. The first-order valence-corrected chi connectivity index (χ1v) is 8.99. The number of halogens is 1. The summed E-state index contributed by atoms with van der Waals surface area (Å²) in [4.78, 5) is 34.5. The number of hydrogen-bond acceptors (Lipinski definition) is 6. The second-order valence-electron chi connectivity index (χ2n) is 6.45. The number of carbonyl (C=O) groups is 2. The Morgan fingerprint density at radius 3 is 2.72 bits per heavy atom. The highest BCUT2D eigenvalue weighted by atomic mass is 35.5. The molecule has 3 aromatic rings. The Bertz CT molecular complexity index is 1120. The largest absolute Gasteiger partial charge is 0.464 e. The van der Waals surface area contributed by atoms with E-state index in [0.717, 1.165) is 22.6 Å². The van der Waals surface area contributed by atoms with Gasteiger partial charge in [0.2, 0.25) is 0 Å². The lowest BCUT2D eigenvalue weighted by molar-refractivity contribution is -0.383. The third-order valence-electron chi connectivity index (χ3n) is 4.47. The number of aryl methyl sites for hydroxylation is 2. The molecule has 0 unspecified atom stereocenters. The number of carbonyl (C=O) groups excluding carboxylic acids is 2. The number of ether oxygens (including phenoxy) is 1. The van der Waals surface area contributed by atoms with E-state index in [2.05, 4.69) is 5.32 Å². The summed E-state index contributed by atoms with van der Waals surface area (Å²) in [6.45, 7) is 3.32. The van der Waals surface area contributed by atoms with Gasteiger partial charge in [0.15, 0.2) is 6.61 Å². The molecule has 0 bridgehead atoms. The number of rotatable bonds is 6. The molecule has 1 heterocycles. The standard InChI is InChI=1S/C20H17ClN2O6/c1-11-3-5-15-13(9-29-20(15)12(11)2)7-19(25)28-10-18(24)22-16-6-4-14(21)8-17(16)23(26)27/h3-6,8-9H,7,10H2,1-2H3,(H,22,24). The lowest BCUT2D eigenvalue weighted by atomic mass is 10.0. The lowest BCUT2D eigenvalue weighted by Gasteiger charge is -2.07. The van der Waals surface area contributed by atoms with Gasteiger partial charge in [-0.25, -0.2) is 0 Å². The second kappa shape index (κ2) is 8.32. The fourth-order valence-electron chi connectivity index (χ4n) is 2.83. The smallest absolute Gasteiger partial charge is 0.310 e. The SMILES string of the molecule is Cc1ccc2c(CC(=O)OCC(=O)Nc3ccc(Cl)cc3[N+](=O)[O-])coc2c1C. The number of furan rings is 1. The predicted octanol–water partition coefficient (Wildman–Crippen LogP) is 4.34.